The fourth-order valence-corrected chi connectivity index (χ4v) is 1.36. The van der Waals surface area contributed by atoms with E-state index in [0.29, 0.717) is 0 Å². The van der Waals surface area contributed by atoms with Crippen molar-refractivity contribution in [2.24, 2.45) is 5.73 Å². The Morgan fingerprint density at radius 2 is 1.74 bits per heavy atom. The van der Waals surface area contributed by atoms with Crippen LogP contribution in [0.3, 0.4) is 0 Å². The van der Waals surface area contributed by atoms with E-state index in [1.807, 2.05) is 0 Å². The predicted octanol–water partition coefficient (Wildman–Crippen LogP) is 0.286. The van der Waals surface area contributed by atoms with Crippen molar-refractivity contribution in [3.8, 4) is 0 Å². The van der Waals surface area contributed by atoms with Crippen molar-refractivity contribution < 1.29 is 28.3 Å². The Hall–Kier alpha value is -2.15. The topological polar surface area (TPSA) is 109 Å². The molecular formula is C12H15NO6. The van der Waals surface area contributed by atoms with Crippen molar-refractivity contribution in [1.29, 1.82) is 0 Å². The number of esters is 2. The standard InChI is InChI=1S/C12H15NO6/c1-3-17-10(15)12(13,11(16)18-4-2)9(14)8-6-5-7-19-8/h5-7H,3-4,13H2,1-2H3. The Labute approximate surface area is 109 Å². The maximum Gasteiger partial charge on any atom is 0.346 e. The zero-order valence-electron chi connectivity index (χ0n) is 10.7. The van der Waals surface area contributed by atoms with E-state index in [4.69, 9.17) is 10.2 Å². The average molecular weight is 269 g/mol. The summed E-state index contributed by atoms with van der Waals surface area (Å²) in [6.45, 7) is 3.01. The largest absolute Gasteiger partial charge is 0.464 e. The molecule has 0 aliphatic carbocycles. The number of hydrogen-bond acceptors (Lipinski definition) is 7. The van der Waals surface area contributed by atoms with E-state index in [0.717, 1.165) is 0 Å². The third kappa shape index (κ3) is 2.82. The molecule has 1 rings (SSSR count). The van der Waals surface area contributed by atoms with Crippen LogP contribution in [0.1, 0.15) is 24.4 Å². The van der Waals surface area contributed by atoms with Crippen LogP contribution in [-0.4, -0.2) is 36.5 Å². The van der Waals surface area contributed by atoms with Crippen LogP contribution < -0.4 is 5.73 Å². The van der Waals surface area contributed by atoms with Crippen molar-refractivity contribution in [1.82, 2.24) is 0 Å². The molecule has 0 atom stereocenters. The number of nitrogens with two attached hydrogens (primary N) is 1. The Bertz CT molecular complexity index is 447. The Balaban J connectivity index is 3.15. The van der Waals surface area contributed by atoms with Crippen LogP contribution >= 0.6 is 0 Å². The lowest BCUT2D eigenvalue weighted by Gasteiger charge is -2.22. The highest BCUT2D eigenvalue weighted by Gasteiger charge is 2.53. The van der Waals surface area contributed by atoms with E-state index in [1.165, 1.54) is 32.2 Å². The van der Waals surface area contributed by atoms with Crippen LogP contribution in [0.15, 0.2) is 22.8 Å². The second kappa shape index (κ2) is 6.14. The number of furan rings is 1. The highest BCUT2D eigenvalue weighted by atomic mass is 16.6. The molecule has 0 spiro atoms. The van der Waals surface area contributed by atoms with Gasteiger partial charge >= 0.3 is 11.9 Å². The van der Waals surface area contributed by atoms with Gasteiger partial charge in [-0.3, -0.25) is 10.5 Å². The molecule has 1 aromatic rings. The first-order chi connectivity index (χ1) is 8.98. The summed E-state index contributed by atoms with van der Waals surface area (Å²) < 4.78 is 14.2. The summed E-state index contributed by atoms with van der Waals surface area (Å²) in [5.74, 6) is -3.57. The van der Waals surface area contributed by atoms with Crippen LogP contribution in [0.4, 0.5) is 0 Å². The van der Waals surface area contributed by atoms with Crippen molar-refractivity contribution >= 4 is 17.7 Å². The molecular weight excluding hydrogens is 254 g/mol. The number of Topliss-reactive ketones (excluding diaryl/α,β-unsaturated/α-hetero) is 1. The van der Waals surface area contributed by atoms with Gasteiger partial charge in [-0.1, -0.05) is 0 Å². The highest BCUT2D eigenvalue weighted by molar-refractivity contribution is 6.29. The van der Waals surface area contributed by atoms with Gasteiger partial charge in [0.25, 0.3) is 5.54 Å². The maximum absolute atomic E-state index is 12.1. The van der Waals surface area contributed by atoms with Gasteiger partial charge in [-0.05, 0) is 26.0 Å². The van der Waals surface area contributed by atoms with Gasteiger partial charge in [0.05, 0.1) is 19.5 Å². The maximum atomic E-state index is 12.1. The Kier molecular flexibility index (Phi) is 4.82. The van der Waals surface area contributed by atoms with E-state index in [-0.39, 0.29) is 19.0 Å². The second-order valence-electron chi connectivity index (χ2n) is 3.56. The molecule has 7 heteroatoms. The highest BCUT2D eigenvalue weighted by Crippen LogP contribution is 2.16. The lowest BCUT2D eigenvalue weighted by Crippen LogP contribution is -2.62. The van der Waals surface area contributed by atoms with Crippen LogP contribution in [0, 0.1) is 0 Å². The molecule has 1 heterocycles. The summed E-state index contributed by atoms with van der Waals surface area (Å²) >= 11 is 0. The average Bonchev–Trinajstić information content (AvgIpc) is 2.91. The van der Waals surface area contributed by atoms with Gasteiger partial charge in [0.2, 0.25) is 5.78 Å². The number of carbonyl (C=O) groups is 3. The molecule has 0 fully saturated rings. The molecule has 0 radical (unpaired) electrons. The number of ketones is 1. The normalized spacial score (nSPS) is 10.9. The monoisotopic (exact) mass is 269 g/mol. The molecule has 7 nitrogen and oxygen atoms in total. The molecule has 19 heavy (non-hydrogen) atoms. The van der Waals surface area contributed by atoms with Crippen molar-refractivity contribution in [3.63, 3.8) is 0 Å². The molecule has 2 N–H and O–H groups in total. The number of rotatable bonds is 6. The van der Waals surface area contributed by atoms with Gasteiger partial charge in [0, 0.05) is 0 Å². The SMILES string of the molecule is CCOC(=O)C(N)(C(=O)OCC)C(=O)c1ccco1. The minimum Gasteiger partial charge on any atom is -0.464 e. The van der Waals surface area contributed by atoms with E-state index in [9.17, 15) is 14.4 Å². The lowest BCUT2D eigenvalue weighted by atomic mass is 9.93. The zero-order chi connectivity index (χ0) is 14.5. The Morgan fingerprint density at radius 3 is 2.11 bits per heavy atom. The molecule has 0 aliphatic rings. The molecule has 0 amide bonds. The van der Waals surface area contributed by atoms with Gasteiger partial charge in [0.15, 0.2) is 5.76 Å². The van der Waals surface area contributed by atoms with Crippen molar-refractivity contribution in [2.45, 2.75) is 19.4 Å². The molecule has 0 aromatic carbocycles. The minimum atomic E-state index is -2.55. The van der Waals surface area contributed by atoms with E-state index in [1.54, 1.807) is 0 Å². The lowest BCUT2D eigenvalue weighted by molar-refractivity contribution is -0.160. The van der Waals surface area contributed by atoms with Gasteiger partial charge < -0.3 is 13.9 Å². The van der Waals surface area contributed by atoms with Crippen LogP contribution in [-0.2, 0) is 19.1 Å². The first kappa shape index (κ1) is 14.9. The summed E-state index contributed by atoms with van der Waals surface area (Å²) in [6.07, 6.45) is 1.23. The van der Waals surface area contributed by atoms with Crippen LogP contribution in [0.25, 0.3) is 0 Å². The number of ether oxygens (including phenoxy) is 2. The van der Waals surface area contributed by atoms with E-state index >= 15 is 0 Å². The summed E-state index contributed by atoms with van der Waals surface area (Å²) in [6, 6.07) is 2.73. The third-order valence-corrected chi connectivity index (χ3v) is 2.30. The Morgan fingerprint density at radius 1 is 1.21 bits per heavy atom. The van der Waals surface area contributed by atoms with Gasteiger partial charge in [-0.25, -0.2) is 9.59 Å². The number of hydrogen-bond donors (Lipinski definition) is 1. The molecule has 0 aliphatic heterocycles. The van der Waals surface area contributed by atoms with Crippen molar-refractivity contribution in [3.05, 3.63) is 24.2 Å². The van der Waals surface area contributed by atoms with Crippen LogP contribution in [0.2, 0.25) is 0 Å². The summed E-state index contributed by atoms with van der Waals surface area (Å²) in [5, 5.41) is 0. The van der Waals surface area contributed by atoms with E-state index < -0.39 is 23.3 Å². The third-order valence-electron chi connectivity index (χ3n) is 2.30. The molecule has 0 saturated heterocycles. The predicted molar refractivity (Wildman–Crippen MR) is 63.2 cm³/mol. The fourth-order valence-electron chi connectivity index (χ4n) is 1.36. The van der Waals surface area contributed by atoms with Crippen molar-refractivity contribution in [2.75, 3.05) is 13.2 Å². The smallest absolute Gasteiger partial charge is 0.346 e. The molecule has 104 valence electrons. The second-order valence-corrected chi connectivity index (χ2v) is 3.56. The number of carbonyl (C=O) groups excluding carboxylic acids is 3. The van der Waals surface area contributed by atoms with Gasteiger partial charge in [0.1, 0.15) is 0 Å². The summed E-state index contributed by atoms with van der Waals surface area (Å²) in [5.41, 5.74) is 3.08. The molecule has 0 unspecified atom stereocenters. The fraction of sp³-hybridized carbons (Fsp3) is 0.417. The molecule has 1 aromatic heterocycles. The van der Waals surface area contributed by atoms with Gasteiger partial charge in [-0.2, -0.15) is 0 Å². The molecule has 0 bridgehead atoms. The van der Waals surface area contributed by atoms with Crippen LogP contribution in [0.5, 0.6) is 0 Å². The van der Waals surface area contributed by atoms with Gasteiger partial charge in [-0.15, -0.1) is 0 Å². The summed E-state index contributed by atoms with van der Waals surface area (Å²) in [7, 11) is 0. The first-order valence-electron chi connectivity index (χ1n) is 5.70. The zero-order valence-corrected chi connectivity index (χ0v) is 10.7. The van der Waals surface area contributed by atoms with E-state index in [2.05, 4.69) is 9.47 Å². The minimum absolute atomic E-state index is 0.0252. The summed E-state index contributed by atoms with van der Waals surface area (Å²) in [4.78, 5) is 35.8. The quantitative estimate of drug-likeness (QED) is 0.449. The molecule has 0 saturated carbocycles. The first-order valence-corrected chi connectivity index (χ1v) is 5.70.